The number of amides is 1. The first-order valence-electron chi connectivity index (χ1n) is 8.41. The van der Waals surface area contributed by atoms with Crippen LogP contribution in [0.4, 0.5) is 0 Å². The van der Waals surface area contributed by atoms with Gasteiger partial charge in [0.1, 0.15) is 0 Å². The Morgan fingerprint density at radius 3 is 2.20 bits per heavy atom. The third kappa shape index (κ3) is 3.65. The van der Waals surface area contributed by atoms with Crippen molar-refractivity contribution in [2.75, 3.05) is 21.3 Å². The maximum atomic E-state index is 12.6. The Morgan fingerprint density at radius 2 is 1.72 bits per heavy atom. The highest BCUT2D eigenvalue weighted by atomic mass is 35.5. The number of rotatable bonds is 6. The number of carbonyl (C=O) groups excluding carboxylic acids is 1. The molecule has 7 heteroatoms. The zero-order chi connectivity index (χ0) is 17.3. The van der Waals surface area contributed by atoms with Gasteiger partial charge in [-0.3, -0.25) is 4.79 Å². The molecule has 1 amide bonds. The van der Waals surface area contributed by atoms with E-state index in [0.29, 0.717) is 35.6 Å². The summed E-state index contributed by atoms with van der Waals surface area (Å²) < 4.78 is 16.0. The monoisotopic (exact) mass is 370 g/mol. The van der Waals surface area contributed by atoms with Crippen molar-refractivity contribution in [2.45, 2.75) is 31.8 Å². The normalized spacial score (nSPS) is 26.7. The molecule has 2 saturated carbocycles. The molecule has 2 bridgehead atoms. The molecule has 3 rings (SSSR count). The first-order chi connectivity index (χ1) is 11.6. The summed E-state index contributed by atoms with van der Waals surface area (Å²) in [5.74, 6) is 2.69. The Bertz CT molecular complexity index is 598. The van der Waals surface area contributed by atoms with Gasteiger partial charge in [0.15, 0.2) is 11.5 Å². The molecule has 2 aliphatic rings. The minimum absolute atomic E-state index is 0. The van der Waals surface area contributed by atoms with Crippen molar-refractivity contribution in [2.24, 2.45) is 23.5 Å². The smallest absolute Gasteiger partial charge is 0.225 e. The van der Waals surface area contributed by atoms with Gasteiger partial charge in [-0.15, -0.1) is 12.4 Å². The van der Waals surface area contributed by atoms with Crippen molar-refractivity contribution in [1.29, 1.82) is 0 Å². The fraction of sp³-hybridized carbons (Fsp3) is 0.611. The summed E-state index contributed by atoms with van der Waals surface area (Å²) in [4.78, 5) is 12.6. The number of methoxy groups -OCH3 is 3. The largest absolute Gasteiger partial charge is 0.493 e. The lowest BCUT2D eigenvalue weighted by Crippen LogP contribution is -2.45. The van der Waals surface area contributed by atoms with Crippen LogP contribution >= 0.6 is 12.4 Å². The number of halogens is 1. The zero-order valence-electron chi connectivity index (χ0n) is 14.9. The first-order valence-corrected chi connectivity index (χ1v) is 8.41. The van der Waals surface area contributed by atoms with Gasteiger partial charge in [-0.05, 0) is 48.8 Å². The predicted octanol–water partition coefficient (Wildman–Crippen LogP) is 2.12. The van der Waals surface area contributed by atoms with Crippen molar-refractivity contribution in [1.82, 2.24) is 5.32 Å². The van der Waals surface area contributed by atoms with E-state index in [1.807, 2.05) is 12.1 Å². The molecular weight excluding hydrogens is 344 g/mol. The van der Waals surface area contributed by atoms with Crippen molar-refractivity contribution in [3.05, 3.63) is 17.7 Å². The molecule has 0 saturated heterocycles. The van der Waals surface area contributed by atoms with Crippen LogP contribution in [-0.2, 0) is 11.3 Å². The predicted molar refractivity (Wildman–Crippen MR) is 97.5 cm³/mol. The number of carbonyl (C=O) groups is 1. The highest BCUT2D eigenvalue weighted by Crippen LogP contribution is 2.47. The molecule has 2 aliphatic carbocycles. The molecule has 0 aromatic heterocycles. The van der Waals surface area contributed by atoms with Gasteiger partial charge in [0.2, 0.25) is 11.7 Å². The van der Waals surface area contributed by atoms with E-state index >= 15 is 0 Å². The fourth-order valence-electron chi connectivity index (χ4n) is 4.27. The number of hydrogen-bond donors (Lipinski definition) is 2. The van der Waals surface area contributed by atoms with Crippen LogP contribution in [0.1, 0.15) is 24.8 Å². The lowest BCUT2D eigenvalue weighted by Gasteiger charge is -2.27. The Morgan fingerprint density at radius 1 is 1.12 bits per heavy atom. The van der Waals surface area contributed by atoms with Gasteiger partial charge in [-0.2, -0.15) is 0 Å². The average Bonchev–Trinajstić information content (AvgIpc) is 3.19. The third-order valence-electron chi connectivity index (χ3n) is 5.47. The van der Waals surface area contributed by atoms with Gasteiger partial charge in [-0.1, -0.05) is 0 Å². The number of fused-ring (bicyclic) bond motifs is 2. The lowest BCUT2D eigenvalue weighted by atomic mass is 9.84. The Kier molecular flexibility index (Phi) is 6.41. The van der Waals surface area contributed by atoms with Gasteiger partial charge < -0.3 is 25.3 Å². The summed E-state index contributed by atoms with van der Waals surface area (Å²) in [5, 5.41) is 3.03. The molecule has 6 nitrogen and oxygen atoms in total. The van der Waals surface area contributed by atoms with E-state index in [0.717, 1.165) is 18.4 Å². The van der Waals surface area contributed by atoms with Gasteiger partial charge in [0.25, 0.3) is 0 Å². The number of ether oxygens (including phenoxy) is 3. The number of benzene rings is 1. The maximum Gasteiger partial charge on any atom is 0.225 e. The number of nitrogens with two attached hydrogens (primary N) is 1. The van der Waals surface area contributed by atoms with E-state index in [1.165, 1.54) is 6.42 Å². The quantitative estimate of drug-likeness (QED) is 0.801. The van der Waals surface area contributed by atoms with E-state index in [-0.39, 0.29) is 30.3 Å². The van der Waals surface area contributed by atoms with Crippen LogP contribution < -0.4 is 25.3 Å². The fourth-order valence-corrected chi connectivity index (χ4v) is 4.27. The summed E-state index contributed by atoms with van der Waals surface area (Å²) in [7, 11) is 4.72. The van der Waals surface area contributed by atoms with E-state index in [1.54, 1.807) is 21.3 Å². The highest BCUT2D eigenvalue weighted by Gasteiger charge is 2.48. The third-order valence-corrected chi connectivity index (χ3v) is 5.47. The second-order valence-corrected chi connectivity index (χ2v) is 6.69. The molecule has 0 aliphatic heterocycles. The molecule has 140 valence electrons. The van der Waals surface area contributed by atoms with Crippen LogP contribution in [0.3, 0.4) is 0 Å². The van der Waals surface area contributed by atoms with Crippen molar-refractivity contribution in [3.8, 4) is 17.2 Å². The van der Waals surface area contributed by atoms with Crippen LogP contribution in [0.15, 0.2) is 12.1 Å². The highest BCUT2D eigenvalue weighted by molar-refractivity contribution is 5.85. The van der Waals surface area contributed by atoms with Gasteiger partial charge in [0, 0.05) is 12.6 Å². The molecule has 4 unspecified atom stereocenters. The Hall–Kier alpha value is -1.66. The second kappa shape index (κ2) is 8.15. The topological polar surface area (TPSA) is 82.8 Å². The maximum absolute atomic E-state index is 12.6. The van der Waals surface area contributed by atoms with Gasteiger partial charge in [-0.25, -0.2) is 0 Å². The SMILES string of the molecule is COc1cc(CNC(=O)C2C3CCC(C3)C2N)cc(OC)c1OC.Cl. The molecule has 25 heavy (non-hydrogen) atoms. The van der Waals surface area contributed by atoms with Crippen LogP contribution in [0, 0.1) is 17.8 Å². The van der Waals surface area contributed by atoms with Crippen LogP contribution in [-0.4, -0.2) is 33.3 Å². The summed E-state index contributed by atoms with van der Waals surface area (Å²) >= 11 is 0. The zero-order valence-corrected chi connectivity index (χ0v) is 15.7. The first kappa shape index (κ1) is 19.7. The van der Waals surface area contributed by atoms with E-state index in [4.69, 9.17) is 19.9 Å². The minimum atomic E-state index is -0.0502. The summed E-state index contributed by atoms with van der Waals surface area (Å²) in [6, 6.07) is 3.70. The summed E-state index contributed by atoms with van der Waals surface area (Å²) in [6.45, 7) is 0.413. The molecule has 1 aromatic carbocycles. The van der Waals surface area contributed by atoms with Gasteiger partial charge in [0.05, 0.1) is 27.2 Å². The van der Waals surface area contributed by atoms with E-state index in [2.05, 4.69) is 5.32 Å². The Balaban J connectivity index is 0.00000225. The molecular formula is C18H27ClN2O4. The molecule has 4 atom stereocenters. The standard InChI is InChI=1S/C18H26N2O4.ClH/c1-22-13-6-10(7-14(23-2)17(13)24-3)9-20-18(21)15-11-4-5-12(8-11)16(15)19;/h6-7,11-12,15-16H,4-5,8-9,19H2,1-3H3,(H,20,21);1H. The van der Waals surface area contributed by atoms with Crippen LogP contribution in [0.2, 0.25) is 0 Å². The second-order valence-electron chi connectivity index (χ2n) is 6.69. The molecule has 0 heterocycles. The molecule has 1 aromatic rings. The molecule has 3 N–H and O–H groups in total. The lowest BCUT2D eigenvalue weighted by molar-refractivity contribution is -0.127. The number of hydrogen-bond acceptors (Lipinski definition) is 5. The van der Waals surface area contributed by atoms with Crippen molar-refractivity contribution in [3.63, 3.8) is 0 Å². The number of nitrogens with one attached hydrogen (secondary N) is 1. The minimum Gasteiger partial charge on any atom is -0.493 e. The van der Waals surface area contributed by atoms with E-state index < -0.39 is 0 Å². The van der Waals surface area contributed by atoms with Crippen molar-refractivity contribution < 1.29 is 19.0 Å². The van der Waals surface area contributed by atoms with Gasteiger partial charge >= 0.3 is 0 Å². The molecule has 0 spiro atoms. The average molecular weight is 371 g/mol. The van der Waals surface area contributed by atoms with E-state index in [9.17, 15) is 4.79 Å². The van der Waals surface area contributed by atoms with Crippen LogP contribution in [0.25, 0.3) is 0 Å². The summed E-state index contributed by atoms with van der Waals surface area (Å²) in [5.41, 5.74) is 7.14. The molecule has 0 radical (unpaired) electrons. The van der Waals surface area contributed by atoms with Crippen LogP contribution in [0.5, 0.6) is 17.2 Å². The molecule has 2 fully saturated rings. The summed E-state index contributed by atoms with van der Waals surface area (Å²) in [6.07, 6.45) is 3.40. The van der Waals surface area contributed by atoms with Crippen molar-refractivity contribution >= 4 is 18.3 Å². The Labute approximate surface area is 154 Å².